The average molecular weight is 607 g/mol. The van der Waals surface area contributed by atoms with Crippen molar-refractivity contribution >= 4 is 35.0 Å². The minimum absolute atomic E-state index is 0.188. The number of esters is 1. The molecule has 2 aromatic heterocycles. The molecule has 0 fully saturated rings. The zero-order valence-electron chi connectivity index (χ0n) is 24.0. The number of thiazole rings is 1. The van der Waals surface area contributed by atoms with Crippen LogP contribution in [0.5, 0.6) is 11.5 Å². The summed E-state index contributed by atoms with van der Waals surface area (Å²) in [5.74, 6) is 1.73. The highest BCUT2D eigenvalue weighted by molar-refractivity contribution is 7.07. The van der Waals surface area contributed by atoms with Crippen molar-refractivity contribution in [3.63, 3.8) is 0 Å². The summed E-state index contributed by atoms with van der Waals surface area (Å²) < 4.78 is 25.0. The largest absolute Gasteiger partial charge is 0.490 e. The first-order valence-electron chi connectivity index (χ1n) is 13.7. The summed E-state index contributed by atoms with van der Waals surface area (Å²) in [6.45, 7) is 10.3. The van der Waals surface area contributed by atoms with Gasteiger partial charge in [-0.2, -0.15) is 0 Å². The number of furan rings is 1. The molecule has 218 valence electrons. The van der Waals surface area contributed by atoms with Crippen LogP contribution in [0.1, 0.15) is 50.6 Å². The van der Waals surface area contributed by atoms with Crippen molar-refractivity contribution in [2.45, 2.75) is 40.7 Å². The van der Waals surface area contributed by atoms with Crippen molar-refractivity contribution in [2.75, 3.05) is 19.8 Å². The van der Waals surface area contributed by atoms with Gasteiger partial charge < -0.3 is 18.6 Å². The normalized spacial score (nSPS) is 14.9. The number of aryl methyl sites for hydroxylation is 1. The molecule has 0 N–H and O–H groups in total. The van der Waals surface area contributed by atoms with Crippen LogP contribution in [-0.4, -0.2) is 30.4 Å². The number of halogens is 1. The zero-order valence-corrected chi connectivity index (χ0v) is 25.6. The monoisotopic (exact) mass is 606 g/mol. The van der Waals surface area contributed by atoms with Crippen molar-refractivity contribution in [3.05, 3.63) is 101 Å². The topological polar surface area (TPSA) is 92.3 Å². The Hall–Kier alpha value is -4.08. The molecule has 3 heterocycles. The number of nitrogens with zero attached hydrogens (tertiary/aromatic N) is 2. The van der Waals surface area contributed by atoms with Gasteiger partial charge in [0, 0.05) is 16.7 Å². The fraction of sp³-hybridized carbons (Fsp3) is 0.281. The third kappa shape index (κ3) is 5.67. The molecule has 0 bridgehead atoms. The standard InChI is InChI=1S/C32H31ClN2O6S/c1-6-38-25-13-10-20(15-26(25)39-7-2)29-28(31(37)40-8-3)19(5)34-32-35(29)30(36)27(42-32)17-22-12-14-24(41-22)23-16-21(33)11-9-18(23)4/h9-17,29H,6-8H2,1-5H3/b27-17-/t29-/m0/s1. The maximum atomic E-state index is 14.0. The molecule has 10 heteroatoms. The maximum absolute atomic E-state index is 14.0. The summed E-state index contributed by atoms with van der Waals surface area (Å²) in [6.07, 6.45) is 1.69. The molecule has 0 aliphatic carbocycles. The molecular formula is C32H31ClN2O6S. The molecule has 0 radical (unpaired) electrons. The first-order chi connectivity index (χ1) is 20.2. The van der Waals surface area contributed by atoms with Crippen LogP contribution in [0.15, 0.2) is 74.0 Å². The molecule has 5 rings (SSSR count). The molecule has 1 aliphatic rings. The van der Waals surface area contributed by atoms with E-state index < -0.39 is 12.0 Å². The number of benzene rings is 2. The van der Waals surface area contributed by atoms with Gasteiger partial charge in [-0.25, -0.2) is 9.79 Å². The Labute approximate surface area is 252 Å². The molecule has 1 atom stereocenters. The van der Waals surface area contributed by atoms with E-state index in [1.165, 1.54) is 15.9 Å². The maximum Gasteiger partial charge on any atom is 0.338 e. The van der Waals surface area contributed by atoms with Gasteiger partial charge >= 0.3 is 5.97 Å². The van der Waals surface area contributed by atoms with Crippen LogP contribution in [0.3, 0.4) is 0 Å². The number of hydrogen-bond acceptors (Lipinski definition) is 8. The van der Waals surface area contributed by atoms with Crippen molar-refractivity contribution in [1.29, 1.82) is 0 Å². The molecule has 2 aromatic carbocycles. The van der Waals surface area contributed by atoms with Gasteiger partial charge in [0.2, 0.25) is 0 Å². The van der Waals surface area contributed by atoms with Gasteiger partial charge in [-0.15, -0.1) is 0 Å². The van der Waals surface area contributed by atoms with Crippen LogP contribution in [0.25, 0.3) is 17.4 Å². The highest BCUT2D eigenvalue weighted by Gasteiger charge is 2.34. The summed E-state index contributed by atoms with van der Waals surface area (Å²) in [4.78, 5) is 32.3. The molecule has 0 unspecified atom stereocenters. The Balaban J connectivity index is 1.65. The van der Waals surface area contributed by atoms with Crippen molar-refractivity contribution in [2.24, 2.45) is 4.99 Å². The lowest BCUT2D eigenvalue weighted by molar-refractivity contribution is -0.139. The van der Waals surface area contributed by atoms with E-state index in [4.69, 9.17) is 30.2 Å². The number of carbonyl (C=O) groups is 1. The van der Waals surface area contributed by atoms with Crippen molar-refractivity contribution in [1.82, 2.24) is 4.57 Å². The summed E-state index contributed by atoms with van der Waals surface area (Å²) in [5.41, 5.74) is 3.03. The molecule has 4 aromatic rings. The average Bonchev–Trinajstić information content (AvgIpc) is 3.54. The molecule has 0 saturated carbocycles. The second-order valence-electron chi connectivity index (χ2n) is 9.54. The number of hydrogen-bond donors (Lipinski definition) is 0. The fourth-order valence-electron chi connectivity index (χ4n) is 4.91. The number of aromatic nitrogens is 1. The van der Waals surface area contributed by atoms with Gasteiger partial charge in [-0.3, -0.25) is 9.36 Å². The fourth-order valence-corrected chi connectivity index (χ4v) is 6.11. The Morgan fingerprint density at radius 3 is 2.52 bits per heavy atom. The van der Waals surface area contributed by atoms with E-state index >= 15 is 0 Å². The zero-order chi connectivity index (χ0) is 30.0. The van der Waals surface area contributed by atoms with E-state index in [0.717, 1.165) is 11.1 Å². The first kappa shape index (κ1) is 29.4. The Bertz CT molecular complexity index is 1870. The molecular weight excluding hydrogens is 576 g/mol. The predicted octanol–water partition coefficient (Wildman–Crippen LogP) is 5.82. The molecule has 1 aliphatic heterocycles. The van der Waals surface area contributed by atoms with Crippen molar-refractivity contribution < 1.29 is 23.4 Å². The summed E-state index contributed by atoms with van der Waals surface area (Å²) in [7, 11) is 0. The van der Waals surface area contributed by atoms with E-state index in [-0.39, 0.29) is 12.2 Å². The molecule has 0 spiro atoms. The van der Waals surface area contributed by atoms with Crippen LogP contribution in [0, 0.1) is 6.92 Å². The van der Waals surface area contributed by atoms with E-state index in [1.807, 2.05) is 57.2 Å². The van der Waals surface area contributed by atoms with E-state index in [0.29, 0.717) is 67.4 Å². The Kier molecular flexibility index (Phi) is 8.70. The van der Waals surface area contributed by atoms with Crippen LogP contribution >= 0.6 is 22.9 Å². The Morgan fingerprint density at radius 2 is 1.79 bits per heavy atom. The third-order valence-corrected chi connectivity index (χ3v) is 7.98. The molecule has 0 amide bonds. The summed E-state index contributed by atoms with van der Waals surface area (Å²) in [5, 5.41) is 0.608. The van der Waals surface area contributed by atoms with E-state index in [1.54, 1.807) is 32.1 Å². The van der Waals surface area contributed by atoms with Crippen LogP contribution in [-0.2, 0) is 9.53 Å². The molecule has 8 nitrogen and oxygen atoms in total. The Morgan fingerprint density at radius 1 is 1.02 bits per heavy atom. The predicted molar refractivity (Wildman–Crippen MR) is 163 cm³/mol. The highest BCUT2D eigenvalue weighted by atomic mass is 35.5. The second kappa shape index (κ2) is 12.4. The van der Waals surface area contributed by atoms with Gasteiger partial charge in [-0.05, 0) is 82.1 Å². The van der Waals surface area contributed by atoms with Gasteiger partial charge in [0.25, 0.3) is 5.56 Å². The van der Waals surface area contributed by atoms with E-state index in [2.05, 4.69) is 4.99 Å². The molecule has 0 saturated heterocycles. The van der Waals surface area contributed by atoms with Crippen LogP contribution in [0.2, 0.25) is 5.02 Å². The lowest BCUT2D eigenvalue weighted by Crippen LogP contribution is -2.40. The minimum atomic E-state index is -0.779. The van der Waals surface area contributed by atoms with Gasteiger partial charge in [0.1, 0.15) is 11.5 Å². The number of carbonyl (C=O) groups excluding carboxylic acids is 1. The molecule has 42 heavy (non-hydrogen) atoms. The highest BCUT2D eigenvalue weighted by Crippen LogP contribution is 2.36. The summed E-state index contributed by atoms with van der Waals surface area (Å²) >= 11 is 7.44. The lowest BCUT2D eigenvalue weighted by atomic mass is 9.95. The van der Waals surface area contributed by atoms with Crippen molar-refractivity contribution in [3.8, 4) is 22.8 Å². The van der Waals surface area contributed by atoms with Gasteiger partial charge in [0.05, 0.1) is 41.7 Å². The van der Waals surface area contributed by atoms with Crippen LogP contribution in [0.4, 0.5) is 0 Å². The number of allylic oxidation sites excluding steroid dienone is 1. The third-order valence-electron chi connectivity index (χ3n) is 6.77. The van der Waals surface area contributed by atoms with E-state index in [9.17, 15) is 9.59 Å². The summed E-state index contributed by atoms with van der Waals surface area (Å²) in [6, 6.07) is 13.9. The number of ether oxygens (including phenoxy) is 3. The van der Waals surface area contributed by atoms with Gasteiger partial charge in [-0.1, -0.05) is 35.1 Å². The SMILES string of the molecule is CCOC(=O)C1=C(C)N=c2s/c(=C\c3ccc(-c4cc(Cl)ccc4C)o3)c(=O)n2[C@H]1c1ccc(OCC)c(OCC)c1. The number of rotatable bonds is 9. The lowest BCUT2D eigenvalue weighted by Gasteiger charge is -2.25. The number of fused-ring (bicyclic) bond motifs is 1. The second-order valence-corrected chi connectivity index (χ2v) is 11.0. The first-order valence-corrected chi connectivity index (χ1v) is 14.9. The quantitative estimate of drug-likeness (QED) is 0.223. The smallest absolute Gasteiger partial charge is 0.338 e. The minimum Gasteiger partial charge on any atom is -0.490 e. The van der Waals surface area contributed by atoms with Gasteiger partial charge in [0.15, 0.2) is 16.3 Å². The van der Waals surface area contributed by atoms with Crippen LogP contribution < -0.4 is 24.4 Å².